The maximum atomic E-state index is 13.9. The minimum atomic E-state index is -0.549. The van der Waals surface area contributed by atoms with Gasteiger partial charge in [-0.15, -0.1) is 0 Å². The molecule has 2 heterocycles. The highest BCUT2D eigenvalue weighted by molar-refractivity contribution is 7.95. The molecule has 1 saturated heterocycles. The highest BCUT2D eigenvalue weighted by Gasteiger charge is 2.32. The second kappa shape index (κ2) is 15.0. The number of aromatic nitrogens is 1. The van der Waals surface area contributed by atoms with E-state index in [9.17, 15) is 4.79 Å². The second-order valence-corrected chi connectivity index (χ2v) is 11.3. The standard InChI is InChI=1S/C33H38N4O4S/c1-39-30-16-15-28(23-31(30)40-2)42-41-35-29(22-25-10-9-17-34-24-25)33(38)37-20-18-36(19-21-37)32(26-11-5-3-6-12-26)27-13-7-4-8-14-27/h3-17,24,28-29,32,35H,18-23H2,1-2H3/t28?,29-/m0/s1. The molecule has 0 spiro atoms. The van der Waals surface area contributed by atoms with Crippen molar-refractivity contribution in [2.75, 3.05) is 40.4 Å². The van der Waals surface area contributed by atoms with E-state index in [1.54, 1.807) is 26.6 Å². The molecule has 1 aromatic heterocycles. The fraction of sp³-hybridized carbons (Fsp3) is 0.333. The first kappa shape index (κ1) is 29.8. The van der Waals surface area contributed by atoms with E-state index in [2.05, 4.69) is 63.9 Å². The van der Waals surface area contributed by atoms with Gasteiger partial charge >= 0.3 is 0 Å². The van der Waals surface area contributed by atoms with Gasteiger partial charge in [0.2, 0.25) is 5.91 Å². The van der Waals surface area contributed by atoms with Gasteiger partial charge in [-0.05, 0) is 28.8 Å². The van der Waals surface area contributed by atoms with E-state index in [0.29, 0.717) is 31.7 Å². The zero-order valence-corrected chi connectivity index (χ0v) is 24.9. The van der Waals surface area contributed by atoms with E-state index in [0.717, 1.165) is 24.4 Å². The number of carbonyl (C=O) groups is 1. The molecule has 1 aliphatic carbocycles. The number of pyridine rings is 1. The number of nitrogens with one attached hydrogen (secondary N) is 1. The summed E-state index contributed by atoms with van der Waals surface area (Å²) >= 11 is 1.27. The molecule has 1 fully saturated rings. The number of amides is 1. The Morgan fingerprint density at radius 3 is 2.24 bits per heavy atom. The summed E-state index contributed by atoms with van der Waals surface area (Å²) in [6.07, 6.45) is 8.54. The molecular weight excluding hydrogens is 548 g/mol. The predicted molar refractivity (Wildman–Crippen MR) is 165 cm³/mol. The van der Waals surface area contributed by atoms with Crippen molar-refractivity contribution in [3.8, 4) is 0 Å². The number of ether oxygens (including phenoxy) is 2. The minimum Gasteiger partial charge on any atom is -0.497 e. The van der Waals surface area contributed by atoms with Crippen LogP contribution in [0.1, 0.15) is 29.2 Å². The van der Waals surface area contributed by atoms with Gasteiger partial charge in [-0.3, -0.25) is 14.7 Å². The van der Waals surface area contributed by atoms with E-state index in [1.807, 2.05) is 41.3 Å². The van der Waals surface area contributed by atoms with Crippen LogP contribution in [0.15, 0.2) is 109 Å². The molecule has 5 rings (SSSR count). The zero-order valence-electron chi connectivity index (χ0n) is 24.1. The lowest BCUT2D eigenvalue weighted by molar-refractivity contribution is -0.137. The van der Waals surface area contributed by atoms with Gasteiger partial charge in [0, 0.05) is 63.5 Å². The molecule has 0 radical (unpaired) electrons. The third-order valence-electron chi connectivity index (χ3n) is 7.63. The third kappa shape index (κ3) is 7.60. The van der Waals surface area contributed by atoms with Crippen LogP contribution in [0.5, 0.6) is 0 Å². The van der Waals surface area contributed by atoms with Gasteiger partial charge in [0.1, 0.15) is 11.8 Å². The molecule has 1 aliphatic heterocycles. The molecule has 2 aromatic carbocycles. The number of allylic oxidation sites excluding steroid dienone is 2. The van der Waals surface area contributed by atoms with E-state index in [-0.39, 0.29) is 17.2 Å². The van der Waals surface area contributed by atoms with Crippen molar-refractivity contribution in [3.05, 3.63) is 126 Å². The number of benzene rings is 2. The van der Waals surface area contributed by atoms with Gasteiger partial charge < -0.3 is 14.4 Å². The summed E-state index contributed by atoms with van der Waals surface area (Å²) in [5.74, 6) is 1.51. The van der Waals surface area contributed by atoms with Gasteiger partial charge in [0.25, 0.3) is 0 Å². The predicted octanol–water partition coefficient (Wildman–Crippen LogP) is 4.93. The summed E-state index contributed by atoms with van der Waals surface area (Å²) in [4.78, 5) is 22.5. The van der Waals surface area contributed by atoms with Gasteiger partial charge in [0.15, 0.2) is 5.76 Å². The van der Waals surface area contributed by atoms with Crippen LogP contribution in [-0.2, 0) is 25.0 Å². The van der Waals surface area contributed by atoms with Crippen molar-refractivity contribution >= 4 is 17.9 Å². The average Bonchev–Trinajstić information content (AvgIpc) is 3.06. The zero-order chi connectivity index (χ0) is 29.1. The summed E-state index contributed by atoms with van der Waals surface area (Å²) < 4.78 is 16.7. The molecule has 0 saturated carbocycles. The van der Waals surface area contributed by atoms with E-state index in [1.165, 1.54) is 23.2 Å². The van der Waals surface area contributed by atoms with Crippen molar-refractivity contribution in [3.63, 3.8) is 0 Å². The van der Waals surface area contributed by atoms with Crippen LogP contribution in [0.4, 0.5) is 0 Å². The molecule has 220 valence electrons. The van der Waals surface area contributed by atoms with Crippen molar-refractivity contribution in [2.45, 2.75) is 30.2 Å². The smallest absolute Gasteiger partial charge is 0.242 e. The van der Waals surface area contributed by atoms with Crippen LogP contribution in [0.3, 0.4) is 0 Å². The highest BCUT2D eigenvalue weighted by atomic mass is 32.2. The maximum absolute atomic E-state index is 13.9. The van der Waals surface area contributed by atoms with E-state index < -0.39 is 6.04 Å². The quantitative estimate of drug-likeness (QED) is 0.237. The second-order valence-electron chi connectivity index (χ2n) is 10.3. The number of nitrogens with zero attached hydrogens (tertiary/aromatic N) is 3. The summed E-state index contributed by atoms with van der Waals surface area (Å²) in [5.41, 5.74) is 6.54. The summed E-state index contributed by atoms with van der Waals surface area (Å²) in [7, 11) is 3.26. The van der Waals surface area contributed by atoms with Crippen LogP contribution < -0.4 is 5.48 Å². The number of hydroxylamine groups is 1. The number of hydrogen-bond acceptors (Lipinski definition) is 8. The first-order valence-electron chi connectivity index (χ1n) is 14.2. The lowest BCUT2D eigenvalue weighted by atomic mass is 9.96. The Labute approximate surface area is 252 Å². The largest absolute Gasteiger partial charge is 0.497 e. The summed E-state index contributed by atoms with van der Waals surface area (Å²) in [6.45, 7) is 2.83. The van der Waals surface area contributed by atoms with Crippen LogP contribution in [0, 0.1) is 0 Å². The van der Waals surface area contributed by atoms with Gasteiger partial charge in [0.05, 0.1) is 25.5 Å². The molecule has 2 atom stereocenters. The van der Waals surface area contributed by atoms with Crippen LogP contribution in [0.25, 0.3) is 0 Å². The SMILES string of the molecule is COC1=C(OC)CC(SON[C@@H](Cc2cccnc2)C(=O)N2CCN(C(c3ccccc3)c3ccccc3)CC2)C=C1. The molecule has 1 amide bonds. The monoisotopic (exact) mass is 586 g/mol. The number of hydrogen-bond donors (Lipinski definition) is 1. The normalized spacial score (nSPS) is 18.3. The van der Waals surface area contributed by atoms with Gasteiger partial charge in [-0.2, -0.15) is 5.48 Å². The third-order valence-corrected chi connectivity index (χ3v) is 8.40. The molecule has 0 bridgehead atoms. The molecule has 2 aliphatic rings. The number of rotatable bonds is 12. The maximum Gasteiger partial charge on any atom is 0.242 e. The Hall–Kier alpha value is -3.63. The summed E-state index contributed by atoms with van der Waals surface area (Å²) in [5, 5.41) is 0.0249. The van der Waals surface area contributed by atoms with Crippen molar-refractivity contribution < 1.29 is 18.6 Å². The first-order chi connectivity index (χ1) is 20.7. The highest BCUT2D eigenvalue weighted by Crippen LogP contribution is 2.30. The lowest BCUT2D eigenvalue weighted by Crippen LogP contribution is -2.55. The molecule has 1 N–H and O–H groups in total. The van der Waals surface area contributed by atoms with Crippen molar-refractivity contribution in [2.24, 2.45) is 0 Å². The van der Waals surface area contributed by atoms with Crippen molar-refractivity contribution in [1.29, 1.82) is 0 Å². The number of methoxy groups -OCH3 is 2. The molecule has 3 aromatic rings. The van der Waals surface area contributed by atoms with E-state index in [4.69, 9.17) is 13.8 Å². The topological polar surface area (TPSA) is 76.2 Å². The molecule has 9 heteroatoms. The number of piperazine rings is 1. The Balaban J connectivity index is 1.23. The lowest BCUT2D eigenvalue weighted by Gasteiger charge is -2.40. The minimum absolute atomic E-state index is 0.0217. The Morgan fingerprint density at radius 2 is 1.64 bits per heavy atom. The fourth-order valence-electron chi connectivity index (χ4n) is 5.46. The molecule has 8 nitrogen and oxygen atoms in total. The number of carbonyl (C=O) groups excluding carboxylic acids is 1. The van der Waals surface area contributed by atoms with Crippen LogP contribution in [-0.4, -0.2) is 72.4 Å². The van der Waals surface area contributed by atoms with Gasteiger partial charge in [-0.25, -0.2) is 4.28 Å². The average molecular weight is 587 g/mol. The van der Waals surface area contributed by atoms with Crippen molar-refractivity contribution in [1.82, 2.24) is 20.3 Å². The molecule has 42 heavy (non-hydrogen) atoms. The first-order valence-corrected chi connectivity index (χ1v) is 15.1. The van der Waals surface area contributed by atoms with Gasteiger partial charge in [-0.1, -0.05) is 72.8 Å². The van der Waals surface area contributed by atoms with Crippen LogP contribution >= 0.6 is 12.0 Å². The Kier molecular flexibility index (Phi) is 10.7. The van der Waals surface area contributed by atoms with Crippen LogP contribution in [0.2, 0.25) is 0 Å². The fourth-order valence-corrected chi connectivity index (χ4v) is 6.12. The summed E-state index contributed by atoms with van der Waals surface area (Å²) in [6, 6.07) is 24.6. The molecular formula is C33H38N4O4S. The molecule has 1 unspecified atom stereocenters. The van der Waals surface area contributed by atoms with E-state index >= 15 is 0 Å². The Morgan fingerprint density at radius 1 is 0.952 bits per heavy atom. The Bertz CT molecular complexity index is 1290.